The summed E-state index contributed by atoms with van der Waals surface area (Å²) in [6, 6.07) is 0. The molecule has 0 aliphatic carbocycles. The third kappa shape index (κ3) is 2.11. The van der Waals surface area contributed by atoms with Crippen LogP contribution in [-0.2, 0) is 0 Å². The quantitative estimate of drug-likeness (QED) is 0.724. The number of anilines is 1. The lowest BCUT2D eigenvalue weighted by Gasteiger charge is -2.29. The maximum Gasteiger partial charge on any atom is 0.238 e. The minimum Gasteiger partial charge on any atom is -0.340 e. The number of hydrogen-bond acceptors (Lipinski definition) is 4. The average Bonchev–Trinajstić information content (AvgIpc) is 2.53. The zero-order chi connectivity index (χ0) is 9.26. The van der Waals surface area contributed by atoms with E-state index in [0.29, 0.717) is 4.47 Å². The molecular formula is C8H12ClN3S. The van der Waals surface area contributed by atoms with Gasteiger partial charge in [-0.05, 0) is 30.4 Å². The molecule has 0 saturated carbocycles. The molecule has 2 rings (SSSR count). The van der Waals surface area contributed by atoms with E-state index in [0.717, 1.165) is 25.0 Å². The molecule has 1 saturated heterocycles. The highest BCUT2D eigenvalue weighted by Crippen LogP contribution is 2.23. The predicted molar refractivity (Wildman–Crippen MR) is 55.5 cm³/mol. The van der Waals surface area contributed by atoms with Crippen LogP contribution >= 0.6 is 23.1 Å². The molecule has 0 spiro atoms. The molecule has 2 heterocycles. The molecule has 0 bridgehead atoms. The number of piperidine rings is 1. The Morgan fingerprint density at radius 1 is 1.46 bits per heavy atom. The summed E-state index contributed by atoms with van der Waals surface area (Å²) in [4.78, 5) is 6.37. The second kappa shape index (κ2) is 3.80. The molecule has 5 heteroatoms. The number of aromatic nitrogens is 2. The Kier molecular flexibility index (Phi) is 2.69. The van der Waals surface area contributed by atoms with Crippen LogP contribution in [0.25, 0.3) is 0 Å². The first-order chi connectivity index (χ1) is 6.25. The third-order valence-electron chi connectivity index (χ3n) is 2.46. The van der Waals surface area contributed by atoms with Gasteiger partial charge in [-0.3, -0.25) is 0 Å². The summed E-state index contributed by atoms with van der Waals surface area (Å²) in [5, 5.41) is 0. The van der Waals surface area contributed by atoms with Gasteiger partial charge >= 0.3 is 0 Å². The lowest BCUT2D eigenvalue weighted by molar-refractivity contribution is 0.435. The fourth-order valence-corrected chi connectivity index (χ4v) is 2.15. The van der Waals surface area contributed by atoms with Crippen molar-refractivity contribution >= 4 is 29.1 Å². The molecule has 0 unspecified atom stereocenters. The maximum atomic E-state index is 5.73. The van der Waals surface area contributed by atoms with Gasteiger partial charge in [0.05, 0.1) is 0 Å². The number of halogens is 1. The van der Waals surface area contributed by atoms with E-state index in [1.54, 1.807) is 0 Å². The van der Waals surface area contributed by atoms with Crippen molar-refractivity contribution in [3.63, 3.8) is 0 Å². The first kappa shape index (κ1) is 9.21. The SMILES string of the molecule is CC1CCN(c2nsc(Cl)n2)CC1. The molecule has 1 fully saturated rings. The van der Waals surface area contributed by atoms with Gasteiger partial charge in [0.1, 0.15) is 0 Å². The van der Waals surface area contributed by atoms with Crippen molar-refractivity contribution in [2.75, 3.05) is 18.0 Å². The highest BCUT2D eigenvalue weighted by Gasteiger charge is 2.18. The van der Waals surface area contributed by atoms with Crippen LogP contribution in [0.3, 0.4) is 0 Å². The van der Waals surface area contributed by atoms with Gasteiger partial charge in [0.15, 0.2) is 0 Å². The van der Waals surface area contributed by atoms with E-state index in [9.17, 15) is 0 Å². The van der Waals surface area contributed by atoms with Crippen molar-refractivity contribution in [3.8, 4) is 0 Å². The summed E-state index contributed by atoms with van der Waals surface area (Å²) in [7, 11) is 0. The molecular weight excluding hydrogens is 206 g/mol. The molecule has 1 aromatic rings. The number of rotatable bonds is 1. The fraction of sp³-hybridized carbons (Fsp3) is 0.750. The van der Waals surface area contributed by atoms with Gasteiger partial charge in [0.2, 0.25) is 10.4 Å². The topological polar surface area (TPSA) is 29.0 Å². The average molecular weight is 218 g/mol. The van der Waals surface area contributed by atoms with Crippen LogP contribution in [0.1, 0.15) is 19.8 Å². The lowest BCUT2D eigenvalue weighted by atomic mass is 10.00. The highest BCUT2D eigenvalue weighted by atomic mass is 35.5. The van der Waals surface area contributed by atoms with E-state index in [1.807, 2.05) is 0 Å². The van der Waals surface area contributed by atoms with Crippen molar-refractivity contribution < 1.29 is 0 Å². The second-order valence-electron chi connectivity index (χ2n) is 3.52. The van der Waals surface area contributed by atoms with Crippen LogP contribution in [-0.4, -0.2) is 22.4 Å². The van der Waals surface area contributed by atoms with Crippen LogP contribution in [0.15, 0.2) is 0 Å². The molecule has 1 aliphatic heterocycles. The lowest BCUT2D eigenvalue weighted by Crippen LogP contribution is -2.33. The first-order valence-electron chi connectivity index (χ1n) is 4.50. The second-order valence-corrected chi connectivity index (χ2v) is 4.85. The molecule has 1 aliphatic rings. The largest absolute Gasteiger partial charge is 0.340 e. The molecule has 0 N–H and O–H groups in total. The van der Waals surface area contributed by atoms with Gasteiger partial charge in [-0.15, -0.1) is 0 Å². The van der Waals surface area contributed by atoms with E-state index in [2.05, 4.69) is 21.2 Å². The van der Waals surface area contributed by atoms with Crippen molar-refractivity contribution in [2.45, 2.75) is 19.8 Å². The van der Waals surface area contributed by atoms with Gasteiger partial charge in [0.25, 0.3) is 0 Å². The molecule has 0 aromatic carbocycles. The Hall–Kier alpha value is -0.350. The van der Waals surface area contributed by atoms with Gasteiger partial charge in [0, 0.05) is 24.6 Å². The van der Waals surface area contributed by atoms with Crippen LogP contribution < -0.4 is 4.90 Å². The van der Waals surface area contributed by atoms with E-state index < -0.39 is 0 Å². The standard InChI is InChI=1S/C8H12ClN3S/c1-6-2-4-12(5-3-6)8-10-7(9)13-11-8/h6H,2-5H2,1H3. The maximum absolute atomic E-state index is 5.73. The number of hydrogen-bond donors (Lipinski definition) is 0. The Balaban J connectivity index is 2.02. The Morgan fingerprint density at radius 3 is 2.69 bits per heavy atom. The molecule has 3 nitrogen and oxygen atoms in total. The molecule has 0 atom stereocenters. The molecule has 0 amide bonds. The summed E-state index contributed by atoms with van der Waals surface area (Å²) in [6.45, 7) is 4.42. The molecule has 1 aromatic heterocycles. The zero-order valence-corrected chi connectivity index (χ0v) is 9.11. The Morgan fingerprint density at radius 2 is 2.15 bits per heavy atom. The monoisotopic (exact) mass is 217 g/mol. The van der Waals surface area contributed by atoms with Gasteiger partial charge in [-0.2, -0.15) is 9.36 Å². The first-order valence-corrected chi connectivity index (χ1v) is 5.65. The van der Waals surface area contributed by atoms with Crippen molar-refractivity contribution in [1.82, 2.24) is 9.36 Å². The van der Waals surface area contributed by atoms with Crippen molar-refractivity contribution in [1.29, 1.82) is 0 Å². The van der Waals surface area contributed by atoms with E-state index >= 15 is 0 Å². The highest BCUT2D eigenvalue weighted by molar-refractivity contribution is 7.10. The van der Waals surface area contributed by atoms with Gasteiger partial charge < -0.3 is 4.90 Å². The Bertz CT molecular complexity index is 281. The van der Waals surface area contributed by atoms with Gasteiger partial charge in [-0.25, -0.2) is 0 Å². The fourth-order valence-electron chi connectivity index (χ4n) is 1.53. The van der Waals surface area contributed by atoms with Crippen LogP contribution in [0.5, 0.6) is 0 Å². The summed E-state index contributed by atoms with van der Waals surface area (Å²) >= 11 is 6.99. The molecule has 13 heavy (non-hydrogen) atoms. The third-order valence-corrected chi connectivity index (χ3v) is 3.25. The van der Waals surface area contributed by atoms with Crippen molar-refractivity contribution in [3.05, 3.63) is 4.47 Å². The van der Waals surface area contributed by atoms with E-state index in [-0.39, 0.29) is 0 Å². The minimum atomic E-state index is 0.536. The molecule has 0 radical (unpaired) electrons. The normalized spacial score (nSPS) is 19.4. The van der Waals surface area contributed by atoms with Gasteiger partial charge in [-0.1, -0.05) is 6.92 Å². The van der Waals surface area contributed by atoms with Crippen molar-refractivity contribution in [2.24, 2.45) is 5.92 Å². The number of nitrogens with zero attached hydrogens (tertiary/aromatic N) is 3. The summed E-state index contributed by atoms with van der Waals surface area (Å²) < 4.78 is 4.72. The van der Waals surface area contributed by atoms with Crippen LogP contribution in [0.2, 0.25) is 4.47 Å². The van der Waals surface area contributed by atoms with Crippen LogP contribution in [0, 0.1) is 5.92 Å². The zero-order valence-electron chi connectivity index (χ0n) is 7.53. The smallest absolute Gasteiger partial charge is 0.238 e. The minimum absolute atomic E-state index is 0.536. The van der Waals surface area contributed by atoms with E-state index in [4.69, 9.17) is 11.6 Å². The summed E-state index contributed by atoms with van der Waals surface area (Å²) in [5.74, 6) is 1.65. The summed E-state index contributed by atoms with van der Waals surface area (Å²) in [5.41, 5.74) is 0. The predicted octanol–water partition coefficient (Wildman–Crippen LogP) is 2.43. The van der Waals surface area contributed by atoms with E-state index in [1.165, 1.54) is 24.4 Å². The Labute approximate surface area is 86.9 Å². The van der Waals surface area contributed by atoms with Crippen LogP contribution in [0.4, 0.5) is 5.95 Å². The molecule has 72 valence electrons. The summed E-state index contributed by atoms with van der Waals surface area (Å²) in [6.07, 6.45) is 2.47.